The van der Waals surface area contributed by atoms with Crippen molar-refractivity contribution >= 4 is 29.1 Å². The first kappa shape index (κ1) is 15.6. The molecule has 3 nitrogen and oxygen atoms in total. The summed E-state index contributed by atoms with van der Waals surface area (Å²) in [6.45, 7) is 6.06. The highest BCUT2D eigenvalue weighted by atomic mass is 35.5. The lowest BCUT2D eigenvalue weighted by atomic mass is 9.86. The van der Waals surface area contributed by atoms with Gasteiger partial charge < -0.3 is 10.6 Å². The summed E-state index contributed by atoms with van der Waals surface area (Å²) in [4.78, 5) is 14.2. The van der Waals surface area contributed by atoms with E-state index in [0.717, 1.165) is 5.56 Å². The van der Waals surface area contributed by atoms with Gasteiger partial charge in [0.25, 0.3) is 0 Å². The number of nitrogens with two attached hydrogens (primary N) is 1. The molecule has 1 aromatic rings. The Morgan fingerprint density at radius 1 is 1.25 bits per heavy atom. The summed E-state index contributed by atoms with van der Waals surface area (Å²) in [7, 11) is 0. The molecule has 1 amide bonds. The number of nitrogens with zero attached hydrogens (tertiary/aromatic N) is 1. The Kier molecular flexibility index (Phi) is 4.33. The van der Waals surface area contributed by atoms with Crippen molar-refractivity contribution in [1.82, 2.24) is 4.90 Å². The zero-order valence-electron chi connectivity index (χ0n) is 12.0. The van der Waals surface area contributed by atoms with E-state index in [2.05, 4.69) is 0 Å². The van der Waals surface area contributed by atoms with Crippen LogP contribution in [0.3, 0.4) is 0 Å². The second kappa shape index (κ2) is 5.55. The summed E-state index contributed by atoms with van der Waals surface area (Å²) in [6.07, 6.45) is 1.19. The summed E-state index contributed by atoms with van der Waals surface area (Å²) < 4.78 is 0. The Balaban J connectivity index is 2.47. The van der Waals surface area contributed by atoms with Crippen molar-refractivity contribution in [2.24, 2.45) is 5.73 Å². The van der Waals surface area contributed by atoms with Gasteiger partial charge in [0.1, 0.15) is 0 Å². The van der Waals surface area contributed by atoms with Crippen LogP contribution in [0.2, 0.25) is 10.0 Å². The summed E-state index contributed by atoms with van der Waals surface area (Å²) in [5, 5.41) is 0.997. The van der Waals surface area contributed by atoms with E-state index in [1.165, 1.54) is 0 Å². The molecule has 2 N–H and O–H groups in total. The summed E-state index contributed by atoms with van der Waals surface area (Å²) in [5.74, 6) is 0.135. The third-order valence-electron chi connectivity index (χ3n) is 3.65. The molecule has 2 rings (SSSR count). The fourth-order valence-electron chi connectivity index (χ4n) is 2.80. The molecule has 1 aromatic carbocycles. The molecule has 0 aromatic heterocycles. The van der Waals surface area contributed by atoms with Crippen molar-refractivity contribution < 1.29 is 4.79 Å². The predicted octanol–water partition coefficient (Wildman–Crippen LogP) is 3.78. The zero-order chi connectivity index (χ0) is 15.1. The quantitative estimate of drug-likeness (QED) is 0.857. The number of benzene rings is 1. The number of hydrogen-bond donors (Lipinski definition) is 1. The first-order valence-electron chi connectivity index (χ1n) is 6.74. The van der Waals surface area contributed by atoms with E-state index in [1.54, 1.807) is 6.07 Å². The third-order valence-corrected chi connectivity index (χ3v) is 4.39. The minimum absolute atomic E-state index is 0.0934. The fraction of sp³-hybridized carbons (Fsp3) is 0.533. The molecule has 1 heterocycles. The molecular formula is C15H20Cl2N2O. The molecule has 2 unspecified atom stereocenters. The molecular weight excluding hydrogens is 295 g/mol. The van der Waals surface area contributed by atoms with Crippen molar-refractivity contribution in [3.8, 4) is 0 Å². The molecule has 0 saturated carbocycles. The third kappa shape index (κ3) is 2.95. The molecule has 0 spiro atoms. The van der Waals surface area contributed by atoms with E-state index in [4.69, 9.17) is 28.9 Å². The number of amides is 1. The number of halogens is 2. The highest BCUT2D eigenvalue weighted by molar-refractivity contribution is 6.42. The molecule has 0 bridgehead atoms. The zero-order valence-corrected chi connectivity index (χ0v) is 13.5. The Morgan fingerprint density at radius 3 is 2.45 bits per heavy atom. The van der Waals surface area contributed by atoms with E-state index >= 15 is 0 Å². The smallest absolute Gasteiger partial charge is 0.223 e. The SMILES string of the molecule is CC(C)(C)N1C(=O)CCC(N)C1c1ccc(Cl)c(Cl)c1. The van der Waals surface area contributed by atoms with Crippen LogP contribution in [-0.2, 0) is 4.79 Å². The second-order valence-electron chi connectivity index (χ2n) is 6.26. The minimum Gasteiger partial charge on any atom is -0.329 e. The van der Waals surface area contributed by atoms with Crippen molar-refractivity contribution in [2.75, 3.05) is 0 Å². The molecule has 2 atom stereocenters. The van der Waals surface area contributed by atoms with E-state index in [9.17, 15) is 4.79 Å². The van der Waals surface area contributed by atoms with Crippen molar-refractivity contribution in [1.29, 1.82) is 0 Å². The van der Waals surface area contributed by atoms with Crippen LogP contribution in [0.4, 0.5) is 0 Å². The van der Waals surface area contributed by atoms with Gasteiger partial charge in [-0.25, -0.2) is 0 Å². The number of rotatable bonds is 1. The predicted molar refractivity (Wildman–Crippen MR) is 83.0 cm³/mol. The molecule has 20 heavy (non-hydrogen) atoms. The van der Waals surface area contributed by atoms with Gasteiger partial charge in [-0.1, -0.05) is 29.3 Å². The highest BCUT2D eigenvalue weighted by Gasteiger charge is 2.40. The number of carbonyl (C=O) groups excluding carboxylic acids is 1. The van der Waals surface area contributed by atoms with Crippen LogP contribution in [0.15, 0.2) is 18.2 Å². The Labute approximate surface area is 130 Å². The van der Waals surface area contributed by atoms with Crippen molar-refractivity contribution in [3.05, 3.63) is 33.8 Å². The Bertz CT molecular complexity index is 525. The van der Waals surface area contributed by atoms with Crippen LogP contribution < -0.4 is 5.73 Å². The average molecular weight is 315 g/mol. The number of piperidine rings is 1. The van der Waals surface area contributed by atoms with Gasteiger partial charge in [0.05, 0.1) is 16.1 Å². The normalized spacial score (nSPS) is 24.1. The Hall–Kier alpha value is -0.770. The standard InChI is InChI=1S/C15H20Cl2N2O/c1-15(2,3)19-13(20)7-6-12(18)14(19)9-4-5-10(16)11(17)8-9/h4-5,8,12,14H,6-7,18H2,1-3H3. The highest BCUT2D eigenvalue weighted by Crippen LogP contribution is 2.38. The number of hydrogen-bond acceptors (Lipinski definition) is 2. The van der Waals surface area contributed by atoms with Gasteiger partial charge in [-0.15, -0.1) is 0 Å². The van der Waals surface area contributed by atoms with E-state index in [1.807, 2.05) is 37.8 Å². The second-order valence-corrected chi connectivity index (χ2v) is 7.07. The number of carbonyl (C=O) groups is 1. The maximum atomic E-state index is 12.3. The molecule has 0 radical (unpaired) electrons. The molecule has 1 saturated heterocycles. The largest absolute Gasteiger partial charge is 0.329 e. The minimum atomic E-state index is -0.286. The van der Waals surface area contributed by atoms with Crippen LogP contribution in [0.25, 0.3) is 0 Å². The molecule has 1 aliphatic heterocycles. The van der Waals surface area contributed by atoms with Crippen LogP contribution in [0, 0.1) is 0 Å². The molecule has 110 valence electrons. The van der Waals surface area contributed by atoms with Gasteiger partial charge in [0.15, 0.2) is 0 Å². The van der Waals surface area contributed by atoms with Crippen LogP contribution in [0.1, 0.15) is 45.2 Å². The summed E-state index contributed by atoms with van der Waals surface area (Å²) in [5.41, 5.74) is 6.93. The molecule has 0 aliphatic carbocycles. The fourth-order valence-corrected chi connectivity index (χ4v) is 3.11. The van der Waals surface area contributed by atoms with Gasteiger partial charge in [0.2, 0.25) is 5.91 Å². The summed E-state index contributed by atoms with van der Waals surface area (Å²) in [6, 6.07) is 5.21. The maximum Gasteiger partial charge on any atom is 0.223 e. The lowest BCUT2D eigenvalue weighted by molar-refractivity contribution is -0.144. The topological polar surface area (TPSA) is 46.3 Å². The van der Waals surface area contributed by atoms with Gasteiger partial charge in [-0.05, 0) is 44.9 Å². The average Bonchev–Trinajstić information content (AvgIpc) is 2.34. The maximum absolute atomic E-state index is 12.3. The molecule has 1 aliphatic rings. The van der Waals surface area contributed by atoms with E-state index < -0.39 is 0 Å². The molecule has 1 fully saturated rings. The summed E-state index contributed by atoms with van der Waals surface area (Å²) >= 11 is 12.1. The Morgan fingerprint density at radius 2 is 1.90 bits per heavy atom. The van der Waals surface area contributed by atoms with Crippen molar-refractivity contribution in [2.45, 2.75) is 51.2 Å². The first-order chi connectivity index (χ1) is 9.21. The first-order valence-corrected chi connectivity index (χ1v) is 7.50. The monoisotopic (exact) mass is 314 g/mol. The van der Waals surface area contributed by atoms with Crippen LogP contribution in [-0.4, -0.2) is 22.4 Å². The van der Waals surface area contributed by atoms with Gasteiger partial charge in [0, 0.05) is 18.0 Å². The van der Waals surface area contributed by atoms with Crippen LogP contribution >= 0.6 is 23.2 Å². The van der Waals surface area contributed by atoms with E-state index in [-0.39, 0.29) is 23.5 Å². The van der Waals surface area contributed by atoms with Gasteiger partial charge in [-0.3, -0.25) is 4.79 Å². The number of likely N-dealkylation sites (tertiary alicyclic amines) is 1. The van der Waals surface area contributed by atoms with Gasteiger partial charge >= 0.3 is 0 Å². The lowest BCUT2D eigenvalue weighted by Gasteiger charge is -2.47. The van der Waals surface area contributed by atoms with Crippen molar-refractivity contribution in [3.63, 3.8) is 0 Å². The van der Waals surface area contributed by atoms with Crippen LogP contribution in [0.5, 0.6) is 0 Å². The molecule has 5 heteroatoms. The lowest BCUT2D eigenvalue weighted by Crippen LogP contribution is -2.56. The van der Waals surface area contributed by atoms with E-state index in [0.29, 0.717) is 22.9 Å². The van der Waals surface area contributed by atoms with Gasteiger partial charge in [-0.2, -0.15) is 0 Å².